The highest BCUT2D eigenvalue weighted by Crippen LogP contribution is 2.21. The van der Waals surface area contributed by atoms with Crippen LogP contribution in [0.15, 0.2) is 36.9 Å². The fourth-order valence-electron chi connectivity index (χ4n) is 1.47. The molecule has 0 aromatic heterocycles. The van der Waals surface area contributed by atoms with E-state index in [1.54, 1.807) is 6.08 Å². The van der Waals surface area contributed by atoms with Crippen LogP contribution in [0.3, 0.4) is 0 Å². The smallest absolute Gasteiger partial charge is 0.0827 e. The Morgan fingerprint density at radius 2 is 2.15 bits per heavy atom. The molecular weight excluding hydrogens is 160 g/mol. The Labute approximate surface area is 79.7 Å². The lowest BCUT2D eigenvalue weighted by Gasteiger charge is -2.12. The summed E-state index contributed by atoms with van der Waals surface area (Å²) in [4.78, 5) is 0. The molecular formula is C12H16O. The van der Waals surface area contributed by atoms with E-state index in [-0.39, 0.29) is 0 Å². The average Bonchev–Trinajstić information content (AvgIpc) is 2.18. The van der Waals surface area contributed by atoms with Crippen molar-refractivity contribution < 1.29 is 5.11 Å². The van der Waals surface area contributed by atoms with Crippen molar-refractivity contribution in [1.82, 2.24) is 0 Å². The molecule has 0 fully saturated rings. The molecule has 1 aromatic rings. The van der Waals surface area contributed by atoms with Crippen LogP contribution in [-0.2, 0) is 6.42 Å². The monoisotopic (exact) mass is 176 g/mol. The topological polar surface area (TPSA) is 20.2 Å². The van der Waals surface area contributed by atoms with Crippen molar-refractivity contribution in [3.05, 3.63) is 48.0 Å². The zero-order valence-electron chi connectivity index (χ0n) is 8.03. The third-order valence-corrected chi connectivity index (χ3v) is 2.18. The fourth-order valence-corrected chi connectivity index (χ4v) is 1.47. The maximum Gasteiger partial charge on any atom is 0.0827 e. The molecule has 0 amide bonds. The van der Waals surface area contributed by atoms with Crippen molar-refractivity contribution in [3.63, 3.8) is 0 Å². The van der Waals surface area contributed by atoms with Gasteiger partial charge in [0.15, 0.2) is 0 Å². The van der Waals surface area contributed by atoms with Crippen molar-refractivity contribution in [1.29, 1.82) is 0 Å². The van der Waals surface area contributed by atoms with Crippen LogP contribution < -0.4 is 0 Å². The molecule has 0 unspecified atom stereocenters. The molecule has 0 aliphatic rings. The molecule has 0 aliphatic carbocycles. The van der Waals surface area contributed by atoms with Gasteiger partial charge in [-0.15, -0.1) is 6.58 Å². The molecule has 0 aliphatic heterocycles. The highest BCUT2D eigenvalue weighted by atomic mass is 16.3. The number of benzene rings is 1. The van der Waals surface area contributed by atoms with Gasteiger partial charge in [-0.3, -0.25) is 0 Å². The van der Waals surface area contributed by atoms with Crippen molar-refractivity contribution in [2.24, 2.45) is 0 Å². The molecule has 0 radical (unpaired) electrons. The van der Waals surface area contributed by atoms with Crippen molar-refractivity contribution in [3.8, 4) is 0 Å². The summed E-state index contributed by atoms with van der Waals surface area (Å²) >= 11 is 0. The van der Waals surface area contributed by atoms with E-state index in [4.69, 9.17) is 0 Å². The summed E-state index contributed by atoms with van der Waals surface area (Å²) in [5, 5.41) is 9.76. The Bertz CT molecular complexity index is 278. The predicted octanol–water partition coefficient (Wildman–Crippen LogP) is 2.86. The number of aliphatic hydroxyl groups excluding tert-OH is 1. The van der Waals surface area contributed by atoms with Gasteiger partial charge in [-0.25, -0.2) is 0 Å². The Morgan fingerprint density at radius 1 is 1.46 bits per heavy atom. The van der Waals surface area contributed by atoms with Crippen molar-refractivity contribution in [2.45, 2.75) is 25.9 Å². The van der Waals surface area contributed by atoms with Gasteiger partial charge < -0.3 is 5.11 Å². The first-order valence-electron chi connectivity index (χ1n) is 4.66. The average molecular weight is 176 g/mol. The van der Waals surface area contributed by atoms with Crippen molar-refractivity contribution in [2.75, 3.05) is 0 Å². The third kappa shape index (κ3) is 2.43. The largest absolute Gasteiger partial charge is 0.388 e. The minimum Gasteiger partial charge on any atom is -0.388 e. The highest BCUT2D eigenvalue weighted by Gasteiger charge is 2.08. The maximum absolute atomic E-state index is 9.76. The second kappa shape index (κ2) is 4.83. The van der Waals surface area contributed by atoms with Crippen molar-refractivity contribution >= 4 is 0 Å². The van der Waals surface area contributed by atoms with E-state index in [9.17, 15) is 5.11 Å². The first-order valence-corrected chi connectivity index (χ1v) is 4.66. The Balaban J connectivity index is 2.91. The number of hydrogen-bond acceptors (Lipinski definition) is 1. The zero-order valence-corrected chi connectivity index (χ0v) is 8.03. The van der Waals surface area contributed by atoms with Gasteiger partial charge >= 0.3 is 0 Å². The predicted molar refractivity (Wildman–Crippen MR) is 55.6 cm³/mol. The summed E-state index contributed by atoms with van der Waals surface area (Å²) in [6.07, 6.45) is 2.94. The number of aliphatic hydroxyl groups is 1. The van der Waals surface area contributed by atoms with Gasteiger partial charge in [0.1, 0.15) is 0 Å². The van der Waals surface area contributed by atoms with Crippen LogP contribution in [0.4, 0.5) is 0 Å². The SMILES string of the molecule is C=CC[C@H](O)c1ccccc1CC. The Morgan fingerprint density at radius 3 is 2.77 bits per heavy atom. The first kappa shape index (κ1) is 10.0. The molecule has 1 aromatic carbocycles. The van der Waals surface area contributed by atoms with Gasteiger partial charge in [0.05, 0.1) is 6.10 Å². The summed E-state index contributed by atoms with van der Waals surface area (Å²) < 4.78 is 0. The lowest BCUT2D eigenvalue weighted by Crippen LogP contribution is -1.99. The van der Waals surface area contributed by atoms with E-state index >= 15 is 0 Å². The molecule has 0 saturated heterocycles. The van der Waals surface area contributed by atoms with E-state index < -0.39 is 6.10 Å². The van der Waals surface area contributed by atoms with E-state index in [0.717, 1.165) is 12.0 Å². The summed E-state index contributed by atoms with van der Waals surface area (Å²) in [7, 11) is 0. The lowest BCUT2D eigenvalue weighted by atomic mass is 9.99. The van der Waals surface area contributed by atoms with Crippen LogP contribution in [-0.4, -0.2) is 5.11 Å². The van der Waals surface area contributed by atoms with E-state index in [1.165, 1.54) is 5.56 Å². The number of rotatable bonds is 4. The van der Waals surface area contributed by atoms with Gasteiger partial charge in [-0.05, 0) is 24.0 Å². The molecule has 13 heavy (non-hydrogen) atoms. The minimum absolute atomic E-state index is 0.395. The summed E-state index contributed by atoms with van der Waals surface area (Å²) in [5.74, 6) is 0. The summed E-state index contributed by atoms with van der Waals surface area (Å²) in [6.45, 7) is 5.72. The van der Waals surface area contributed by atoms with Gasteiger partial charge in [-0.1, -0.05) is 37.3 Å². The van der Waals surface area contributed by atoms with E-state index in [2.05, 4.69) is 19.6 Å². The zero-order chi connectivity index (χ0) is 9.68. The molecule has 0 saturated carbocycles. The second-order valence-electron chi connectivity index (χ2n) is 3.09. The molecule has 0 spiro atoms. The minimum atomic E-state index is -0.395. The third-order valence-electron chi connectivity index (χ3n) is 2.18. The van der Waals surface area contributed by atoms with E-state index in [1.807, 2.05) is 18.2 Å². The quantitative estimate of drug-likeness (QED) is 0.699. The standard InChI is InChI=1S/C12H16O/c1-3-7-12(13)11-9-6-5-8-10(11)4-2/h3,5-6,8-9,12-13H,1,4,7H2,2H3/t12-/m0/s1. The summed E-state index contributed by atoms with van der Waals surface area (Å²) in [6, 6.07) is 8.00. The molecule has 1 N–H and O–H groups in total. The van der Waals surface area contributed by atoms with Gasteiger partial charge in [0.25, 0.3) is 0 Å². The molecule has 1 rings (SSSR count). The van der Waals surface area contributed by atoms with Crippen LogP contribution in [0.25, 0.3) is 0 Å². The lowest BCUT2D eigenvalue weighted by molar-refractivity contribution is 0.180. The maximum atomic E-state index is 9.76. The molecule has 1 nitrogen and oxygen atoms in total. The number of hydrogen-bond donors (Lipinski definition) is 1. The second-order valence-corrected chi connectivity index (χ2v) is 3.09. The van der Waals surface area contributed by atoms with Crippen LogP contribution in [0, 0.1) is 0 Å². The molecule has 0 heterocycles. The van der Waals surface area contributed by atoms with Crippen LogP contribution >= 0.6 is 0 Å². The van der Waals surface area contributed by atoms with Crippen LogP contribution in [0.2, 0.25) is 0 Å². The highest BCUT2D eigenvalue weighted by molar-refractivity contribution is 5.29. The Hall–Kier alpha value is -1.08. The molecule has 1 heteroatoms. The summed E-state index contributed by atoms with van der Waals surface area (Å²) in [5.41, 5.74) is 2.25. The van der Waals surface area contributed by atoms with Crippen LogP contribution in [0.5, 0.6) is 0 Å². The normalized spacial score (nSPS) is 12.5. The van der Waals surface area contributed by atoms with E-state index in [0.29, 0.717) is 6.42 Å². The fraction of sp³-hybridized carbons (Fsp3) is 0.333. The first-order chi connectivity index (χ1) is 6.29. The van der Waals surface area contributed by atoms with Crippen LogP contribution in [0.1, 0.15) is 30.6 Å². The molecule has 0 bridgehead atoms. The number of aryl methyl sites for hydroxylation is 1. The van der Waals surface area contributed by atoms with Gasteiger partial charge in [0, 0.05) is 0 Å². The van der Waals surface area contributed by atoms with Gasteiger partial charge in [-0.2, -0.15) is 0 Å². The molecule has 1 atom stereocenters. The molecule has 70 valence electrons. The van der Waals surface area contributed by atoms with Gasteiger partial charge in [0.2, 0.25) is 0 Å². The Kier molecular flexibility index (Phi) is 3.71.